The fourth-order valence-electron chi connectivity index (χ4n) is 12.6. The number of hydrogen-bond acceptors (Lipinski definition) is 26. The Labute approximate surface area is 651 Å². The summed E-state index contributed by atoms with van der Waals surface area (Å²) in [5, 5.41) is 12.8. The van der Waals surface area contributed by atoms with Crippen molar-refractivity contribution in [3.63, 3.8) is 0 Å². The molecule has 10 aromatic rings. The van der Waals surface area contributed by atoms with E-state index in [1.807, 2.05) is 0 Å². The molecule has 114 heavy (non-hydrogen) atoms. The fourth-order valence-corrected chi connectivity index (χ4v) is 12.6. The maximum Gasteiger partial charge on any atom is 0.338 e. The Morgan fingerprint density at radius 3 is 0.693 bits per heavy atom. The van der Waals surface area contributed by atoms with Crippen LogP contribution in [0.4, 0.5) is 0 Å². The number of hydrogen-bond donors (Lipinski definition) is 1. The van der Waals surface area contributed by atoms with Crippen LogP contribution in [0.1, 0.15) is 104 Å². The van der Waals surface area contributed by atoms with Gasteiger partial charge in [0.1, 0.15) is 37.6 Å². The number of carbonyl (C=O) groups is 10. The summed E-state index contributed by atoms with van der Waals surface area (Å²) in [4.78, 5) is 146. The van der Waals surface area contributed by atoms with Crippen LogP contribution >= 0.6 is 0 Å². The topological polar surface area (TPSA) is 329 Å². The predicted molar refractivity (Wildman–Crippen MR) is 398 cm³/mol. The van der Waals surface area contributed by atoms with Gasteiger partial charge in [-0.25, -0.2) is 47.9 Å². The minimum Gasteiger partial charge on any atom is -0.459 e. The Hall–Kier alpha value is -13.3. The molecule has 0 amide bonds. The van der Waals surface area contributed by atoms with Crippen molar-refractivity contribution < 1.29 is 124 Å². The molecular weight excluding hydrogens is 1470 g/mol. The van der Waals surface area contributed by atoms with Gasteiger partial charge in [0, 0.05) is 0 Å². The molecule has 0 aliphatic carbocycles. The third kappa shape index (κ3) is 19.9. The highest BCUT2D eigenvalue weighted by Gasteiger charge is 2.60. The molecule has 0 radical (unpaired) electrons. The van der Waals surface area contributed by atoms with Crippen LogP contribution < -0.4 is 0 Å². The summed E-state index contributed by atoms with van der Waals surface area (Å²) in [5.74, 6) is -10.5. The summed E-state index contributed by atoms with van der Waals surface area (Å²) >= 11 is 0. The quantitative estimate of drug-likeness (QED) is 0.0369. The fraction of sp³-hybridized carbons (Fsp3) is 0.205. The molecule has 10 aromatic carbocycles. The average Bonchev–Trinajstić information content (AvgIpc) is 0.814. The van der Waals surface area contributed by atoms with Crippen LogP contribution in [0.15, 0.2) is 303 Å². The lowest BCUT2D eigenvalue weighted by molar-refractivity contribution is -0.358. The molecular formula is C88H72O26. The van der Waals surface area contributed by atoms with Crippen LogP contribution in [0.25, 0.3) is 0 Å². The average molecular weight is 1550 g/mol. The molecule has 0 aromatic heterocycles. The molecule has 1 N–H and O–H groups in total. The molecule has 0 bridgehead atoms. The lowest BCUT2D eigenvalue weighted by atomic mass is 9.95. The minimum atomic E-state index is -2.42. The first-order valence-corrected chi connectivity index (χ1v) is 36.0. The van der Waals surface area contributed by atoms with Gasteiger partial charge in [0.2, 0.25) is 0 Å². The smallest absolute Gasteiger partial charge is 0.338 e. The van der Waals surface area contributed by atoms with Gasteiger partial charge < -0.3 is 76.2 Å². The van der Waals surface area contributed by atoms with E-state index in [1.165, 1.54) is 182 Å². The van der Waals surface area contributed by atoms with E-state index < -0.39 is 172 Å². The predicted octanol–water partition coefficient (Wildman–Crippen LogP) is 11.1. The highest BCUT2D eigenvalue weighted by Crippen LogP contribution is 2.39. The molecule has 0 unspecified atom stereocenters. The van der Waals surface area contributed by atoms with Crippen LogP contribution in [-0.4, -0.2) is 177 Å². The first-order valence-electron chi connectivity index (χ1n) is 36.0. The molecule has 26 heteroatoms. The second-order valence-corrected chi connectivity index (χ2v) is 25.9. The summed E-state index contributed by atoms with van der Waals surface area (Å²) in [6.07, 6.45) is -31.1. The molecule has 3 aliphatic heterocycles. The molecule has 3 heterocycles. The molecule has 15 atom stereocenters. The van der Waals surface area contributed by atoms with Gasteiger partial charge in [-0.15, -0.1) is 0 Å². The monoisotopic (exact) mass is 1540 g/mol. The SMILES string of the molecule is O=C(OC[C@H]1O[C@H](OC[C@H]2O[C@H](O)[C@@H](OC(=O)c3ccccc3)[C@@H](O[C@H]3O[C@H](COC(=O)c4ccccc4)[C@@H](OC(=O)c4ccccc4)[C@H](OC(=O)c4ccccc4)[C@@H]3OC(=O)c3ccccc3)[C@@H]2OC(=O)c2ccccc2)[C@@H](OC(=O)c2ccccc2)[C@@H](OC(=O)c2ccccc2)[C@@H]1OC(=O)c1ccccc1)c1ccccc1. The van der Waals surface area contributed by atoms with Gasteiger partial charge in [0.05, 0.1) is 62.2 Å². The lowest BCUT2D eigenvalue weighted by Gasteiger charge is -2.48. The minimum absolute atomic E-state index is 0.00756. The highest BCUT2D eigenvalue weighted by atomic mass is 16.8. The van der Waals surface area contributed by atoms with Crippen molar-refractivity contribution in [1.29, 1.82) is 0 Å². The van der Waals surface area contributed by atoms with Crippen molar-refractivity contribution in [2.24, 2.45) is 0 Å². The second-order valence-electron chi connectivity index (χ2n) is 25.9. The molecule has 0 saturated carbocycles. The second kappa shape index (κ2) is 38.1. The summed E-state index contributed by atoms with van der Waals surface area (Å²) in [7, 11) is 0. The standard InChI is InChI=1S/C88H72O26/c89-76(54-31-11-1-12-32-54)100-51-65-68(107-79(92)57-37-17-4-18-38-57)71(109-81(94)59-41-21-6-22-42-59)74(112-84(97)62-47-27-9-28-48-62)87(104-65)102-53-64-67(106-78(91)56-35-15-3-16-36-56)70(73(86(99)103-64)111-83(96)61-45-25-8-26-46-61)114-88-75(113-85(98)63-49-29-10-30-50-63)72(110-82(95)60-43-23-7-24-44-60)69(108-80(93)58-39-19-5-20-40-58)66(105-88)52-101-77(90)55-33-13-2-14-34-55/h1-50,64-75,86-88,99H,51-53H2/t64-,65-,66-,67-,68-,69-,70+,71+,72+,73+,74+,75+,86+,87+,88-/m1/s1. The Morgan fingerprint density at radius 2 is 0.421 bits per heavy atom. The summed E-state index contributed by atoms with van der Waals surface area (Å²) < 4.78 is 96.4. The third-order valence-electron chi connectivity index (χ3n) is 18.3. The lowest BCUT2D eigenvalue weighted by Crippen LogP contribution is -2.67. The van der Waals surface area contributed by atoms with Crippen LogP contribution in [0, 0.1) is 0 Å². The number of rotatable bonds is 27. The number of esters is 10. The number of ether oxygens (including phenoxy) is 15. The van der Waals surface area contributed by atoms with E-state index in [0.29, 0.717) is 0 Å². The number of aliphatic hydroxyl groups excluding tert-OH is 1. The van der Waals surface area contributed by atoms with Gasteiger partial charge in [-0.3, -0.25) is 0 Å². The Morgan fingerprint density at radius 1 is 0.219 bits per heavy atom. The summed E-state index contributed by atoms with van der Waals surface area (Å²) in [5.41, 5.74) is -0.412. The van der Waals surface area contributed by atoms with Gasteiger partial charge in [-0.05, 0) is 121 Å². The zero-order valence-electron chi connectivity index (χ0n) is 60.3. The third-order valence-corrected chi connectivity index (χ3v) is 18.3. The summed E-state index contributed by atoms with van der Waals surface area (Å²) in [6.45, 7) is -2.71. The Bertz CT molecular complexity index is 4900. The van der Waals surface area contributed by atoms with Crippen molar-refractivity contribution >= 4 is 59.7 Å². The van der Waals surface area contributed by atoms with Gasteiger partial charge in [-0.2, -0.15) is 0 Å². The van der Waals surface area contributed by atoms with E-state index in [0.717, 1.165) is 0 Å². The number of carbonyl (C=O) groups excluding carboxylic acids is 10. The zero-order valence-corrected chi connectivity index (χ0v) is 60.3. The number of aliphatic hydroxyl groups is 1. The van der Waals surface area contributed by atoms with Crippen LogP contribution in [-0.2, 0) is 71.1 Å². The van der Waals surface area contributed by atoms with Crippen molar-refractivity contribution in [1.82, 2.24) is 0 Å². The number of benzene rings is 10. The van der Waals surface area contributed by atoms with Gasteiger partial charge in [0.25, 0.3) is 0 Å². The van der Waals surface area contributed by atoms with Crippen molar-refractivity contribution in [2.45, 2.75) is 92.1 Å². The zero-order chi connectivity index (χ0) is 79.3. The van der Waals surface area contributed by atoms with Crippen LogP contribution in [0.2, 0.25) is 0 Å². The van der Waals surface area contributed by atoms with E-state index in [-0.39, 0.29) is 55.6 Å². The Balaban J connectivity index is 0.951. The molecule has 26 nitrogen and oxygen atoms in total. The van der Waals surface area contributed by atoms with E-state index in [2.05, 4.69) is 0 Å². The van der Waals surface area contributed by atoms with Gasteiger partial charge in [-0.1, -0.05) is 182 Å². The summed E-state index contributed by atoms with van der Waals surface area (Å²) in [6, 6.07) is 75.4. The molecule has 580 valence electrons. The van der Waals surface area contributed by atoms with Gasteiger partial charge in [0.15, 0.2) is 67.7 Å². The Kier molecular flexibility index (Phi) is 26.3. The van der Waals surface area contributed by atoms with Crippen LogP contribution in [0.3, 0.4) is 0 Å². The molecule has 13 rings (SSSR count). The largest absolute Gasteiger partial charge is 0.459 e. The van der Waals surface area contributed by atoms with Crippen molar-refractivity contribution in [2.75, 3.05) is 19.8 Å². The van der Waals surface area contributed by atoms with E-state index in [1.54, 1.807) is 121 Å². The molecule has 3 fully saturated rings. The van der Waals surface area contributed by atoms with Gasteiger partial charge >= 0.3 is 59.7 Å². The van der Waals surface area contributed by atoms with E-state index >= 15 is 4.79 Å². The molecule has 3 aliphatic rings. The van der Waals surface area contributed by atoms with Crippen LogP contribution in [0.5, 0.6) is 0 Å². The van der Waals surface area contributed by atoms with Crippen molar-refractivity contribution in [3.8, 4) is 0 Å². The molecule has 3 saturated heterocycles. The first kappa shape index (κ1) is 78.8. The highest BCUT2D eigenvalue weighted by molar-refractivity contribution is 5.94. The molecule has 0 spiro atoms. The van der Waals surface area contributed by atoms with E-state index in [4.69, 9.17) is 71.1 Å². The maximum atomic E-state index is 15.1. The first-order chi connectivity index (χ1) is 55.6. The maximum absolute atomic E-state index is 15.1. The van der Waals surface area contributed by atoms with Crippen molar-refractivity contribution in [3.05, 3.63) is 359 Å². The normalized spacial score (nSPS) is 22.9. The van der Waals surface area contributed by atoms with E-state index in [9.17, 15) is 48.3 Å².